The highest BCUT2D eigenvalue weighted by Gasteiger charge is 2.25. The molecule has 1 fully saturated rings. The Bertz CT molecular complexity index is 1240. The number of H-pyrrole nitrogens is 1. The van der Waals surface area contributed by atoms with Crippen LogP contribution in [-0.4, -0.2) is 40.4 Å². The van der Waals surface area contributed by atoms with Gasteiger partial charge in [0, 0.05) is 47.1 Å². The molecule has 1 aliphatic rings. The molecule has 0 unspecified atom stereocenters. The first-order valence-corrected chi connectivity index (χ1v) is 10.2. The van der Waals surface area contributed by atoms with Crippen molar-refractivity contribution in [2.75, 3.05) is 24.5 Å². The van der Waals surface area contributed by atoms with Crippen molar-refractivity contribution < 1.29 is 4.79 Å². The number of hydrogen-bond donors (Lipinski definition) is 1. The number of benzene rings is 2. The lowest BCUT2D eigenvalue weighted by molar-refractivity contribution is -0.131. The molecular weight excluding hydrogens is 407 g/mol. The molecule has 1 amide bonds. The standard InChI is InChI=1S/C22H18Cl2N4O/c23-16-2-4-19-15(10-16)11-21(26-19)27-7-8-28(22(29)13-27)12-14-1-3-17-18(24)5-6-25-20(17)9-14/h1-6,9-11,26H,7-8,12-13H2. The quantitative estimate of drug-likeness (QED) is 0.510. The van der Waals surface area contributed by atoms with Gasteiger partial charge in [0.05, 0.1) is 17.1 Å². The van der Waals surface area contributed by atoms with Crippen molar-refractivity contribution >= 4 is 56.7 Å². The minimum absolute atomic E-state index is 0.104. The molecular formula is C22H18Cl2N4O. The lowest BCUT2D eigenvalue weighted by Crippen LogP contribution is -2.50. The first-order valence-electron chi connectivity index (χ1n) is 9.41. The number of hydrogen-bond acceptors (Lipinski definition) is 3. The maximum absolute atomic E-state index is 12.8. The van der Waals surface area contributed by atoms with Crippen LogP contribution in [0.1, 0.15) is 5.56 Å². The van der Waals surface area contributed by atoms with Crippen LogP contribution in [0.4, 0.5) is 5.82 Å². The maximum Gasteiger partial charge on any atom is 0.242 e. The fourth-order valence-electron chi connectivity index (χ4n) is 3.82. The van der Waals surface area contributed by atoms with Crippen molar-refractivity contribution in [1.29, 1.82) is 0 Å². The van der Waals surface area contributed by atoms with Gasteiger partial charge in [-0.25, -0.2) is 0 Å². The Morgan fingerprint density at radius 1 is 1.03 bits per heavy atom. The van der Waals surface area contributed by atoms with E-state index in [0.29, 0.717) is 29.7 Å². The number of anilines is 1. The second-order valence-electron chi connectivity index (χ2n) is 7.27. The van der Waals surface area contributed by atoms with Crippen molar-refractivity contribution in [2.45, 2.75) is 6.54 Å². The van der Waals surface area contributed by atoms with E-state index in [1.54, 1.807) is 12.3 Å². The molecule has 0 atom stereocenters. The number of carbonyl (C=O) groups is 1. The number of nitrogens with zero attached hydrogens (tertiary/aromatic N) is 3. The van der Waals surface area contributed by atoms with Crippen LogP contribution in [0, 0.1) is 0 Å². The van der Waals surface area contributed by atoms with Gasteiger partial charge in [0.15, 0.2) is 0 Å². The minimum atomic E-state index is 0.104. The van der Waals surface area contributed by atoms with Crippen molar-refractivity contribution in [1.82, 2.24) is 14.9 Å². The third kappa shape index (κ3) is 3.52. The number of rotatable bonds is 3. The normalized spacial score (nSPS) is 14.9. The van der Waals surface area contributed by atoms with Gasteiger partial charge in [0.2, 0.25) is 5.91 Å². The van der Waals surface area contributed by atoms with Crippen LogP contribution in [0.3, 0.4) is 0 Å². The molecule has 4 aromatic rings. The largest absolute Gasteiger partial charge is 0.347 e. The molecule has 7 heteroatoms. The fourth-order valence-corrected chi connectivity index (χ4v) is 4.21. The minimum Gasteiger partial charge on any atom is -0.347 e. The second kappa shape index (κ2) is 7.25. The van der Waals surface area contributed by atoms with Gasteiger partial charge in [-0.1, -0.05) is 35.3 Å². The summed E-state index contributed by atoms with van der Waals surface area (Å²) in [7, 11) is 0. The molecule has 1 N–H and O–H groups in total. The van der Waals surface area contributed by atoms with E-state index in [2.05, 4.69) is 14.9 Å². The zero-order chi connectivity index (χ0) is 20.0. The number of pyridine rings is 1. The van der Waals surface area contributed by atoms with E-state index in [1.807, 2.05) is 47.4 Å². The van der Waals surface area contributed by atoms with Gasteiger partial charge in [0.1, 0.15) is 5.82 Å². The Morgan fingerprint density at radius 3 is 2.79 bits per heavy atom. The number of carbonyl (C=O) groups excluding carboxylic acids is 1. The predicted octanol–water partition coefficient (Wildman–Crippen LogP) is 4.87. The summed E-state index contributed by atoms with van der Waals surface area (Å²) in [5.74, 6) is 1.05. The summed E-state index contributed by atoms with van der Waals surface area (Å²) < 4.78 is 0. The van der Waals surface area contributed by atoms with Crippen LogP contribution in [-0.2, 0) is 11.3 Å². The van der Waals surface area contributed by atoms with E-state index >= 15 is 0 Å². The Morgan fingerprint density at radius 2 is 1.93 bits per heavy atom. The summed E-state index contributed by atoms with van der Waals surface area (Å²) in [4.78, 5) is 24.5. The van der Waals surface area contributed by atoms with Gasteiger partial charge < -0.3 is 14.8 Å². The summed E-state index contributed by atoms with van der Waals surface area (Å²) in [6, 6.07) is 15.6. The van der Waals surface area contributed by atoms with Crippen LogP contribution >= 0.6 is 23.2 Å². The van der Waals surface area contributed by atoms with Crippen LogP contribution < -0.4 is 4.90 Å². The molecule has 0 saturated carbocycles. The van der Waals surface area contributed by atoms with Gasteiger partial charge >= 0.3 is 0 Å². The van der Waals surface area contributed by atoms with Gasteiger partial charge in [-0.05, 0) is 42.0 Å². The Balaban J connectivity index is 1.31. The second-order valence-corrected chi connectivity index (χ2v) is 8.11. The van der Waals surface area contributed by atoms with E-state index in [9.17, 15) is 4.79 Å². The number of aromatic nitrogens is 2. The highest BCUT2D eigenvalue weighted by molar-refractivity contribution is 6.35. The summed E-state index contributed by atoms with van der Waals surface area (Å²) >= 11 is 12.3. The Kier molecular flexibility index (Phi) is 4.57. The molecule has 0 aliphatic carbocycles. The number of halogens is 2. The van der Waals surface area contributed by atoms with Crippen LogP contribution in [0.15, 0.2) is 54.7 Å². The molecule has 0 spiro atoms. The van der Waals surface area contributed by atoms with Gasteiger partial charge in [-0.2, -0.15) is 0 Å². The number of aromatic amines is 1. The summed E-state index contributed by atoms with van der Waals surface area (Å²) in [5.41, 5.74) is 2.91. The lowest BCUT2D eigenvalue weighted by atomic mass is 10.1. The van der Waals surface area contributed by atoms with Crippen LogP contribution in [0.25, 0.3) is 21.8 Å². The third-order valence-corrected chi connectivity index (χ3v) is 5.92. The summed E-state index contributed by atoms with van der Waals surface area (Å²) in [6.07, 6.45) is 1.70. The van der Waals surface area contributed by atoms with Crippen molar-refractivity contribution in [3.8, 4) is 0 Å². The highest BCUT2D eigenvalue weighted by atomic mass is 35.5. The molecule has 5 nitrogen and oxygen atoms in total. The first-order chi connectivity index (χ1) is 14.1. The van der Waals surface area contributed by atoms with E-state index in [-0.39, 0.29) is 5.91 Å². The molecule has 146 valence electrons. The SMILES string of the molecule is O=C1CN(c2cc3cc(Cl)ccc3[nH]2)CCN1Cc1ccc2c(Cl)ccnc2c1. The van der Waals surface area contributed by atoms with Crippen molar-refractivity contribution in [2.24, 2.45) is 0 Å². The molecule has 0 bridgehead atoms. The van der Waals surface area contributed by atoms with E-state index in [1.165, 1.54) is 0 Å². The van der Waals surface area contributed by atoms with Crippen molar-refractivity contribution in [3.05, 3.63) is 70.3 Å². The lowest BCUT2D eigenvalue weighted by Gasteiger charge is -2.35. The molecule has 1 aliphatic heterocycles. The van der Waals surface area contributed by atoms with E-state index < -0.39 is 0 Å². The van der Waals surface area contributed by atoms with E-state index in [4.69, 9.17) is 23.2 Å². The monoisotopic (exact) mass is 424 g/mol. The Hall–Kier alpha value is -2.76. The van der Waals surface area contributed by atoms with Gasteiger partial charge in [-0.15, -0.1) is 0 Å². The summed E-state index contributed by atoms with van der Waals surface area (Å²) in [5, 5.41) is 3.36. The zero-order valence-corrected chi connectivity index (χ0v) is 17.0. The third-order valence-electron chi connectivity index (χ3n) is 5.36. The maximum atomic E-state index is 12.8. The van der Waals surface area contributed by atoms with Crippen LogP contribution in [0.5, 0.6) is 0 Å². The number of nitrogens with one attached hydrogen (secondary N) is 1. The molecule has 3 heterocycles. The summed E-state index contributed by atoms with van der Waals surface area (Å²) in [6.45, 7) is 2.34. The van der Waals surface area contributed by atoms with Gasteiger partial charge in [0.25, 0.3) is 0 Å². The molecule has 1 saturated heterocycles. The average Bonchev–Trinajstić information content (AvgIpc) is 3.13. The average molecular weight is 425 g/mol. The fraction of sp³-hybridized carbons (Fsp3) is 0.182. The topological polar surface area (TPSA) is 52.2 Å². The first kappa shape index (κ1) is 18.3. The predicted molar refractivity (Wildman–Crippen MR) is 118 cm³/mol. The van der Waals surface area contributed by atoms with E-state index in [0.717, 1.165) is 39.7 Å². The number of piperazine rings is 1. The Labute approximate surface area is 177 Å². The number of fused-ring (bicyclic) bond motifs is 2. The number of amides is 1. The molecule has 5 rings (SSSR count). The highest BCUT2D eigenvalue weighted by Crippen LogP contribution is 2.26. The zero-order valence-electron chi connectivity index (χ0n) is 15.5. The molecule has 29 heavy (non-hydrogen) atoms. The van der Waals surface area contributed by atoms with Crippen molar-refractivity contribution in [3.63, 3.8) is 0 Å². The molecule has 2 aromatic carbocycles. The van der Waals surface area contributed by atoms with Crippen LogP contribution in [0.2, 0.25) is 10.0 Å². The smallest absolute Gasteiger partial charge is 0.242 e. The molecule has 0 radical (unpaired) electrons. The molecule has 2 aromatic heterocycles. The van der Waals surface area contributed by atoms with Gasteiger partial charge in [-0.3, -0.25) is 9.78 Å².